The van der Waals surface area contributed by atoms with Crippen LogP contribution in [0.3, 0.4) is 0 Å². The van der Waals surface area contributed by atoms with E-state index in [1.165, 1.54) is 6.07 Å². The van der Waals surface area contributed by atoms with Gasteiger partial charge in [-0.05, 0) is 31.0 Å². The van der Waals surface area contributed by atoms with Crippen LogP contribution in [0.1, 0.15) is 36.4 Å². The Bertz CT molecular complexity index is 354. The van der Waals surface area contributed by atoms with Gasteiger partial charge in [0.2, 0.25) is 0 Å². The molecule has 1 atom stereocenters. The van der Waals surface area contributed by atoms with E-state index in [2.05, 4.69) is 5.32 Å². The molecule has 0 unspecified atom stereocenters. The second-order valence-corrected chi connectivity index (χ2v) is 4.09. The van der Waals surface area contributed by atoms with Crippen LogP contribution in [0, 0.1) is 0 Å². The Kier molecular flexibility index (Phi) is 3.19. The molecule has 88 valence electrons. The van der Waals surface area contributed by atoms with E-state index in [-0.39, 0.29) is 6.04 Å². The van der Waals surface area contributed by atoms with Crippen molar-refractivity contribution in [2.45, 2.75) is 31.5 Å². The van der Waals surface area contributed by atoms with E-state index in [0.717, 1.165) is 31.9 Å². The highest BCUT2D eigenvalue weighted by Gasteiger charge is 2.34. The van der Waals surface area contributed by atoms with Crippen molar-refractivity contribution in [1.29, 1.82) is 0 Å². The Morgan fingerprint density at radius 1 is 1.12 bits per heavy atom. The van der Waals surface area contributed by atoms with Gasteiger partial charge in [-0.15, -0.1) is 0 Å². The van der Waals surface area contributed by atoms with Gasteiger partial charge in [-0.25, -0.2) is 0 Å². The lowest BCUT2D eigenvalue weighted by molar-refractivity contribution is -0.138. The summed E-state index contributed by atoms with van der Waals surface area (Å²) in [6, 6.07) is 5.69. The van der Waals surface area contributed by atoms with Crippen LogP contribution in [0.15, 0.2) is 24.3 Å². The van der Waals surface area contributed by atoms with E-state index in [9.17, 15) is 13.2 Å². The predicted molar refractivity (Wildman–Crippen MR) is 56.0 cm³/mol. The summed E-state index contributed by atoms with van der Waals surface area (Å²) in [5, 5.41) is 3.15. The molecule has 2 rings (SSSR count). The van der Waals surface area contributed by atoms with E-state index < -0.39 is 11.7 Å². The lowest BCUT2D eigenvalue weighted by atomic mass is 9.93. The normalized spacial score (nSPS) is 22.1. The van der Waals surface area contributed by atoms with Crippen molar-refractivity contribution >= 4 is 0 Å². The van der Waals surface area contributed by atoms with Crippen LogP contribution in [-0.4, -0.2) is 6.54 Å². The Labute approximate surface area is 92.7 Å². The van der Waals surface area contributed by atoms with Gasteiger partial charge >= 0.3 is 6.18 Å². The SMILES string of the molecule is FC(F)(F)c1ccccc1[C@@H]1CCCCN1. The number of rotatable bonds is 1. The molecule has 1 aliphatic heterocycles. The van der Waals surface area contributed by atoms with Crippen LogP contribution in [0.2, 0.25) is 0 Å². The third kappa shape index (κ3) is 2.38. The first kappa shape index (κ1) is 11.5. The van der Waals surface area contributed by atoms with E-state index in [0.29, 0.717) is 5.56 Å². The molecule has 1 heterocycles. The van der Waals surface area contributed by atoms with Crippen molar-refractivity contribution in [2.24, 2.45) is 0 Å². The zero-order valence-corrected chi connectivity index (χ0v) is 8.85. The highest BCUT2D eigenvalue weighted by molar-refractivity contribution is 5.32. The maximum atomic E-state index is 12.8. The fraction of sp³-hybridized carbons (Fsp3) is 0.500. The summed E-state index contributed by atoms with van der Waals surface area (Å²) in [7, 11) is 0. The van der Waals surface area contributed by atoms with E-state index in [1.807, 2.05) is 0 Å². The Morgan fingerprint density at radius 3 is 2.50 bits per heavy atom. The number of alkyl halides is 3. The molecule has 1 fully saturated rings. The summed E-state index contributed by atoms with van der Waals surface area (Å²) in [6.07, 6.45) is -1.43. The van der Waals surface area contributed by atoms with Crippen molar-refractivity contribution in [1.82, 2.24) is 5.32 Å². The number of benzene rings is 1. The number of hydrogen-bond acceptors (Lipinski definition) is 1. The van der Waals surface area contributed by atoms with Crippen molar-refractivity contribution in [2.75, 3.05) is 6.54 Å². The third-order valence-corrected chi connectivity index (χ3v) is 2.95. The summed E-state index contributed by atoms with van der Waals surface area (Å²) in [5.74, 6) is 0. The molecule has 0 aromatic heterocycles. The van der Waals surface area contributed by atoms with E-state index in [4.69, 9.17) is 0 Å². The summed E-state index contributed by atoms with van der Waals surface area (Å²) in [4.78, 5) is 0. The molecule has 1 saturated heterocycles. The zero-order valence-electron chi connectivity index (χ0n) is 8.85. The highest BCUT2D eigenvalue weighted by Crippen LogP contribution is 2.36. The average Bonchev–Trinajstić information content (AvgIpc) is 2.29. The monoisotopic (exact) mass is 229 g/mol. The maximum Gasteiger partial charge on any atom is 0.416 e. The summed E-state index contributed by atoms with van der Waals surface area (Å²) < 4.78 is 38.3. The molecule has 0 amide bonds. The average molecular weight is 229 g/mol. The maximum absolute atomic E-state index is 12.8. The molecule has 1 aromatic carbocycles. The largest absolute Gasteiger partial charge is 0.416 e. The molecule has 0 bridgehead atoms. The molecular formula is C12H14F3N. The molecule has 0 saturated carbocycles. The molecule has 1 aliphatic rings. The molecule has 16 heavy (non-hydrogen) atoms. The Hall–Kier alpha value is -1.03. The van der Waals surface area contributed by atoms with Gasteiger partial charge in [0.15, 0.2) is 0 Å². The van der Waals surface area contributed by atoms with Crippen molar-refractivity contribution < 1.29 is 13.2 Å². The first-order chi connectivity index (χ1) is 7.59. The minimum atomic E-state index is -4.25. The van der Waals surface area contributed by atoms with Crippen LogP contribution in [0.25, 0.3) is 0 Å². The fourth-order valence-electron chi connectivity index (χ4n) is 2.18. The zero-order chi connectivity index (χ0) is 11.6. The van der Waals surface area contributed by atoms with Crippen LogP contribution < -0.4 is 5.32 Å². The van der Waals surface area contributed by atoms with Gasteiger partial charge in [-0.1, -0.05) is 24.6 Å². The molecule has 1 aromatic rings. The van der Waals surface area contributed by atoms with Crippen LogP contribution in [0.4, 0.5) is 13.2 Å². The van der Waals surface area contributed by atoms with Crippen molar-refractivity contribution in [3.63, 3.8) is 0 Å². The van der Waals surface area contributed by atoms with Gasteiger partial charge in [0, 0.05) is 6.04 Å². The predicted octanol–water partition coefficient (Wildman–Crippen LogP) is 3.52. The summed E-state index contributed by atoms with van der Waals surface area (Å²) >= 11 is 0. The quantitative estimate of drug-likeness (QED) is 0.776. The van der Waals surface area contributed by atoms with Gasteiger partial charge in [0.25, 0.3) is 0 Å². The molecule has 1 nitrogen and oxygen atoms in total. The minimum absolute atomic E-state index is 0.147. The van der Waals surface area contributed by atoms with Gasteiger partial charge in [-0.2, -0.15) is 13.2 Å². The Morgan fingerprint density at radius 2 is 1.88 bits per heavy atom. The van der Waals surface area contributed by atoms with Crippen molar-refractivity contribution in [3.8, 4) is 0 Å². The van der Waals surface area contributed by atoms with Crippen LogP contribution in [-0.2, 0) is 6.18 Å². The lowest BCUT2D eigenvalue weighted by Crippen LogP contribution is -2.28. The highest BCUT2D eigenvalue weighted by atomic mass is 19.4. The van der Waals surface area contributed by atoms with E-state index in [1.54, 1.807) is 12.1 Å². The first-order valence-corrected chi connectivity index (χ1v) is 5.48. The van der Waals surface area contributed by atoms with E-state index >= 15 is 0 Å². The number of piperidine rings is 1. The van der Waals surface area contributed by atoms with Crippen molar-refractivity contribution in [3.05, 3.63) is 35.4 Å². The standard InChI is InChI=1S/C12H14F3N/c13-12(14,15)10-6-2-1-5-9(10)11-7-3-4-8-16-11/h1-2,5-6,11,16H,3-4,7-8H2/t11-/m0/s1. The second-order valence-electron chi connectivity index (χ2n) is 4.09. The molecule has 0 aliphatic carbocycles. The number of hydrogen-bond donors (Lipinski definition) is 1. The smallest absolute Gasteiger partial charge is 0.310 e. The fourth-order valence-corrected chi connectivity index (χ4v) is 2.18. The van der Waals surface area contributed by atoms with Gasteiger partial charge in [0.1, 0.15) is 0 Å². The van der Waals surface area contributed by atoms with Gasteiger partial charge in [-0.3, -0.25) is 0 Å². The number of halogens is 3. The number of nitrogens with one attached hydrogen (secondary N) is 1. The van der Waals surface area contributed by atoms with Gasteiger partial charge < -0.3 is 5.32 Å². The Balaban J connectivity index is 2.32. The molecule has 1 N–H and O–H groups in total. The summed E-state index contributed by atoms with van der Waals surface area (Å²) in [6.45, 7) is 0.802. The second kappa shape index (κ2) is 4.45. The van der Waals surface area contributed by atoms with Crippen LogP contribution >= 0.6 is 0 Å². The third-order valence-electron chi connectivity index (χ3n) is 2.95. The molecular weight excluding hydrogens is 215 g/mol. The minimum Gasteiger partial charge on any atom is -0.310 e. The first-order valence-electron chi connectivity index (χ1n) is 5.48. The van der Waals surface area contributed by atoms with Gasteiger partial charge in [0.05, 0.1) is 5.56 Å². The van der Waals surface area contributed by atoms with Crippen LogP contribution in [0.5, 0.6) is 0 Å². The molecule has 4 heteroatoms. The molecule has 0 radical (unpaired) electrons. The lowest BCUT2D eigenvalue weighted by Gasteiger charge is -2.26. The summed E-state index contributed by atoms with van der Waals surface area (Å²) in [5.41, 5.74) is -0.121. The molecule has 0 spiro atoms. The topological polar surface area (TPSA) is 12.0 Å².